The Hall–Kier alpha value is -0.170. The minimum absolute atomic E-state index is 0.211. The summed E-state index contributed by atoms with van der Waals surface area (Å²) in [6.45, 7) is 0. The molecular formula is C15H20NOP. The first-order chi connectivity index (χ1) is 8.55. The van der Waals surface area contributed by atoms with Crippen LogP contribution in [-0.2, 0) is 0 Å². The Morgan fingerprint density at radius 2 is 1.78 bits per heavy atom. The molecular weight excluding hydrogens is 241 g/mol. The molecule has 0 spiro atoms. The fourth-order valence-electron chi connectivity index (χ4n) is 6.07. The summed E-state index contributed by atoms with van der Waals surface area (Å²) in [7, 11) is 2.97. The third-order valence-electron chi connectivity index (χ3n) is 6.77. The SMILES string of the molecule is NC1(O)C2CC(C3C4C=CC(C4)C32)C1(P)C1=CC1. The van der Waals surface area contributed by atoms with Crippen LogP contribution in [-0.4, -0.2) is 16.0 Å². The zero-order valence-corrected chi connectivity index (χ0v) is 11.6. The molecule has 0 aromatic rings. The second-order valence-corrected chi connectivity index (χ2v) is 8.09. The van der Waals surface area contributed by atoms with E-state index in [4.69, 9.17) is 5.73 Å². The lowest BCUT2D eigenvalue weighted by Gasteiger charge is -2.51. The molecule has 0 aliphatic heterocycles. The summed E-state index contributed by atoms with van der Waals surface area (Å²) in [5, 5.41) is 10.8. The third kappa shape index (κ3) is 0.882. The van der Waals surface area contributed by atoms with Crippen molar-refractivity contribution in [1.29, 1.82) is 0 Å². The van der Waals surface area contributed by atoms with Crippen LogP contribution in [0.3, 0.4) is 0 Å². The average molecular weight is 261 g/mol. The van der Waals surface area contributed by atoms with Gasteiger partial charge in [-0.25, -0.2) is 0 Å². The van der Waals surface area contributed by atoms with Crippen LogP contribution in [0.4, 0.5) is 0 Å². The van der Waals surface area contributed by atoms with Crippen LogP contribution >= 0.6 is 9.24 Å². The van der Waals surface area contributed by atoms with E-state index < -0.39 is 5.72 Å². The lowest BCUT2D eigenvalue weighted by atomic mass is 9.64. The highest BCUT2D eigenvalue weighted by atomic mass is 31.0. The Kier molecular flexibility index (Phi) is 1.65. The second kappa shape index (κ2) is 2.80. The summed E-state index contributed by atoms with van der Waals surface area (Å²) in [6, 6.07) is 0. The number of fused-ring (bicyclic) bond motifs is 9. The van der Waals surface area contributed by atoms with Crippen molar-refractivity contribution in [3.63, 3.8) is 0 Å². The molecule has 0 saturated heterocycles. The molecule has 0 heterocycles. The van der Waals surface area contributed by atoms with Crippen molar-refractivity contribution in [1.82, 2.24) is 0 Å². The monoisotopic (exact) mass is 261 g/mol. The molecule has 96 valence electrons. The molecule has 3 N–H and O–H groups in total. The lowest BCUT2D eigenvalue weighted by Crippen LogP contribution is -2.64. The number of nitrogens with two attached hydrogens (primary N) is 1. The second-order valence-electron chi connectivity index (χ2n) is 7.18. The lowest BCUT2D eigenvalue weighted by molar-refractivity contribution is -0.0670. The standard InChI is InChI=1S/C15H20NOP/c16-15(17)11-6-10(14(15,18)9-3-4-9)12-7-1-2-8(5-7)13(11)12/h1-3,7-8,10-13,17H,4-6,16,18H2. The zero-order valence-electron chi connectivity index (χ0n) is 10.4. The van der Waals surface area contributed by atoms with Gasteiger partial charge in [-0.05, 0) is 48.9 Å². The van der Waals surface area contributed by atoms with E-state index in [0.29, 0.717) is 23.7 Å². The first-order valence-corrected chi connectivity index (χ1v) is 7.81. The number of aliphatic hydroxyl groups is 1. The molecule has 0 aromatic heterocycles. The minimum Gasteiger partial charge on any atom is -0.374 e. The molecule has 5 aliphatic rings. The minimum atomic E-state index is -0.996. The van der Waals surface area contributed by atoms with Gasteiger partial charge in [0.1, 0.15) is 5.72 Å². The van der Waals surface area contributed by atoms with Crippen molar-refractivity contribution >= 4 is 9.24 Å². The van der Waals surface area contributed by atoms with Gasteiger partial charge in [0.25, 0.3) is 0 Å². The van der Waals surface area contributed by atoms with E-state index in [-0.39, 0.29) is 5.16 Å². The van der Waals surface area contributed by atoms with E-state index in [1.54, 1.807) is 0 Å². The summed E-state index contributed by atoms with van der Waals surface area (Å²) in [5.74, 6) is 3.81. The van der Waals surface area contributed by atoms with Gasteiger partial charge in [0.05, 0.1) is 5.16 Å². The van der Waals surface area contributed by atoms with Gasteiger partial charge in [-0.2, -0.15) is 0 Å². The normalized spacial score (nSPS) is 66.5. The van der Waals surface area contributed by atoms with Gasteiger partial charge in [-0.3, -0.25) is 0 Å². The maximum Gasteiger partial charge on any atom is 0.129 e. The van der Waals surface area contributed by atoms with E-state index in [2.05, 4.69) is 27.5 Å². The summed E-state index contributed by atoms with van der Waals surface area (Å²) in [4.78, 5) is 0. The van der Waals surface area contributed by atoms with Crippen molar-refractivity contribution in [3.05, 3.63) is 23.8 Å². The molecule has 0 radical (unpaired) electrons. The molecule has 2 nitrogen and oxygen atoms in total. The summed E-state index contributed by atoms with van der Waals surface area (Å²) >= 11 is 0. The highest BCUT2D eigenvalue weighted by Crippen LogP contribution is 2.74. The van der Waals surface area contributed by atoms with Crippen LogP contribution in [0.1, 0.15) is 19.3 Å². The molecule has 18 heavy (non-hydrogen) atoms. The smallest absolute Gasteiger partial charge is 0.129 e. The average Bonchev–Trinajstić information content (AvgIpc) is 2.75. The van der Waals surface area contributed by atoms with Crippen LogP contribution in [0.15, 0.2) is 23.8 Å². The van der Waals surface area contributed by atoms with Gasteiger partial charge < -0.3 is 10.8 Å². The summed E-state index contributed by atoms with van der Waals surface area (Å²) in [6.07, 6.45) is 10.6. The highest BCUT2D eigenvalue weighted by Gasteiger charge is 2.75. The van der Waals surface area contributed by atoms with E-state index in [1.165, 1.54) is 12.0 Å². The van der Waals surface area contributed by atoms with Crippen LogP contribution in [0.5, 0.6) is 0 Å². The van der Waals surface area contributed by atoms with E-state index in [1.807, 2.05) is 0 Å². The van der Waals surface area contributed by atoms with Crippen molar-refractivity contribution in [2.45, 2.75) is 30.1 Å². The molecule has 0 amide bonds. The zero-order chi connectivity index (χ0) is 12.3. The van der Waals surface area contributed by atoms with E-state index in [0.717, 1.165) is 24.7 Å². The molecule has 5 aliphatic carbocycles. The Morgan fingerprint density at radius 3 is 2.39 bits per heavy atom. The summed E-state index contributed by atoms with van der Waals surface area (Å²) < 4.78 is 0. The summed E-state index contributed by atoms with van der Waals surface area (Å²) in [5.41, 5.74) is 6.84. The highest BCUT2D eigenvalue weighted by molar-refractivity contribution is 7.19. The Labute approximate surface area is 110 Å². The van der Waals surface area contributed by atoms with E-state index >= 15 is 0 Å². The molecule has 3 heteroatoms. The molecule has 9 unspecified atom stereocenters. The van der Waals surface area contributed by atoms with Gasteiger partial charge >= 0.3 is 0 Å². The maximum atomic E-state index is 11.0. The number of hydrogen-bond acceptors (Lipinski definition) is 2. The van der Waals surface area contributed by atoms with Crippen LogP contribution < -0.4 is 5.73 Å². The third-order valence-corrected chi connectivity index (χ3v) is 8.03. The van der Waals surface area contributed by atoms with Crippen molar-refractivity contribution in [3.8, 4) is 0 Å². The van der Waals surface area contributed by atoms with Crippen molar-refractivity contribution < 1.29 is 5.11 Å². The van der Waals surface area contributed by atoms with Crippen LogP contribution in [0, 0.1) is 35.5 Å². The molecule has 5 rings (SSSR count). The molecule has 3 fully saturated rings. The van der Waals surface area contributed by atoms with Gasteiger partial charge in [0.2, 0.25) is 0 Å². The Morgan fingerprint density at radius 1 is 1.17 bits per heavy atom. The van der Waals surface area contributed by atoms with Crippen molar-refractivity contribution in [2.24, 2.45) is 41.2 Å². The maximum absolute atomic E-state index is 11.0. The predicted molar refractivity (Wildman–Crippen MR) is 73.6 cm³/mol. The van der Waals surface area contributed by atoms with Crippen molar-refractivity contribution in [2.75, 3.05) is 0 Å². The van der Waals surface area contributed by atoms with Gasteiger partial charge in [-0.1, -0.05) is 23.8 Å². The topological polar surface area (TPSA) is 46.2 Å². The van der Waals surface area contributed by atoms with Gasteiger partial charge in [-0.15, -0.1) is 9.24 Å². The van der Waals surface area contributed by atoms with Crippen LogP contribution in [0.2, 0.25) is 0 Å². The molecule has 0 aromatic carbocycles. The van der Waals surface area contributed by atoms with Gasteiger partial charge in [0.15, 0.2) is 0 Å². The fraction of sp³-hybridized carbons (Fsp3) is 0.733. The largest absolute Gasteiger partial charge is 0.374 e. The Balaban J connectivity index is 1.67. The first-order valence-electron chi connectivity index (χ1n) is 7.23. The Bertz CT molecular complexity index is 511. The number of hydrogen-bond donors (Lipinski definition) is 2. The number of allylic oxidation sites excluding steroid dienone is 3. The van der Waals surface area contributed by atoms with Gasteiger partial charge in [0, 0.05) is 5.92 Å². The fourth-order valence-corrected chi connectivity index (χ4v) is 6.88. The predicted octanol–water partition coefficient (Wildman–Crippen LogP) is 1.67. The molecule has 3 saturated carbocycles. The first kappa shape index (κ1) is 10.6. The quantitative estimate of drug-likeness (QED) is 0.326. The van der Waals surface area contributed by atoms with Crippen LogP contribution in [0.25, 0.3) is 0 Å². The number of rotatable bonds is 1. The molecule has 4 bridgehead atoms. The molecule has 9 atom stereocenters. The van der Waals surface area contributed by atoms with E-state index in [9.17, 15) is 5.11 Å².